The van der Waals surface area contributed by atoms with Crippen LogP contribution in [0.3, 0.4) is 0 Å². The maximum atomic E-state index is 12.0. The largest absolute Gasteiger partial charge is 1.00 e. The van der Waals surface area contributed by atoms with E-state index in [1.54, 1.807) is 0 Å². The second-order valence-corrected chi connectivity index (χ2v) is 17.5. The molecule has 228 valence electrons. The standard InChI is InChI=1S/2C7H14ClF5O3S2.Na/c2*8-7(6-18(9,10,11,12)13)4-2-1-3-5-17(14,15)16;/h2*7H,1-6H2,(H,14,15,16);/q;;+1/p-1. The fourth-order valence-electron chi connectivity index (χ4n) is 2.50. The van der Waals surface area contributed by atoms with Crippen LogP contribution in [0.4, 0.5) is 38.9 Å². The molecule has 0 aliphatic rings. The minimum absolute atomic E-state index is 0. The summed E-state index contributed by atoms with van der Waals surface area (Å²) >= 11 is 10.3. The quantitative estimate of drug-likeness (QED) is 0.0764. The Balaban J connectivity index is -0.000000608. The topological polar surface area (TPSA) is 112 Å². The molecule has 0 heterocycles. The van der Waals surface area contributed by atoms with E-state index in [4.69, 9.17) is 27.8 Å². The molecule has 0 radical (unpaired) electrons. The van der Waals surface area contributed by atoms with Crippen molar-refractivity contribution in [2.75, 3.05) is 23.0 Å². The van der Waals surface area contributed by atoms with E-state index < -0.39 is 74.4 Å². The Hall–Kier alpha value is 1.40. The van der Waals surface area contributed by atoms with Gasteiger partial charge in [0.2, 0.25) is 0 Å². The van der Waals surface area contributed by atoms with E-state index in [0.717, 1.165) is 0 Å². The fraction of sp³-hybridized carbons (Fsp3) is 1.00. The van der Waals surface area contributed by atoms with Gasteiger partial charge in [0, 0.05) is 5.75 Å². The summed E-state index contributed by atoms with van der Waals surface area (Å²) in [5.74, 6) is -5.79. The average molecular weight is 704 g/mol. The summed E-state index contributed by atoms with van der Waals surface area (Å²) in [5.41, 5.74) is 0. The van der Waals surface area contributed by atoms with Crippen molar-refractivity contribution in [3.05, 3.63) is 0 Å². The Kier molecular flexibility index (Phi) is 15.2. The Morgan fingerprint density at radius 2 is 0.919 bits per heavy atom. The molecule has 6 nitrogen and oxygen atoms in total. The van der Waals surface area contributed by atoms with Crippen molar-refractivity contribution in [1.29, 1.82) is 0 Å². The number of hydrogen-bond donors (Lipinski definition) is 1. The molecular formula is C14H27Cl2F10NaO6S4. The van der Waals surface area contributed by atoms with Crippen LogP contribution in [0.1, 0.15) is 51.4 Å². The van der Waals surface area contributed by atoms with E-state index in [0.29, 0.717) is 0 Å². The summed E-state index contributed by atoms with van der Waals surface area (Å²) in [6.45, 7) is 0. The van der Waals surface area contributed by atoms with E-state index >= 15 is 0 Å². The van der Waals surface area contributed by atoms with Gasteiger partial charge in [0.1, 0.15) is 11.5 Å². The molecular weight excluding hydrogens is 676 g/mol. The predicted octanol–water partition coefficient (Wildman–Crippen LogP) is 5.34. The van der Waals surface area contributed by atoms with Gasteiger partial charge in [0.05, 0.1) is 26.6 Å². The van der Waals surface area contributed by atoms with E-state index in [-0.39, 0.29) is 80.9 Å². The molecule has 0 bridgehead atoms. The van der Waals surface area contributed by atoms with Gasteiger partial charge in [-0.3, -0.25) is 4.55 Å². The summed E-state index contributed by atoms with van der Waals surface area (Å²) in [6.07, 6.45) is -0.126. The molecule has 0 rings (SSSR count). The summed E-state index contributed by atoms with van der Waals surface area (Å²) < 4.78 is 179. The van der Waals surface area contributed by atoms with Crippen LogP contribution in [-0.2, 0) is 20.2 Å². The van der Waals surface area contributed by atoms with Crippen LogP contribution in [-0.4, -0.2) is 59.7 Å². The number of hydrogen-bond acceptors (Lipinski definition) is 5. The van der Waals surface area contributed by atoms with Crippen molar-refractivity contribution >= 4 is 63.9 Å². The minimum Gasteiger partial charge on any atom is -0.748 e. The first-order chi connectivity index (χ1) is 15.2. The Morgan fingerprint density at radius 1 is 0.622 bits per heavy atom. The number of halogens is 12. The van der Waals surface area contributed by atoms with Crippen LogP contribution in [0.5, 0.6) is 0 Å². The normalized spacial score (nSPS) is 18.5. The van der Waals surface area contributed by atoms with Crippen molar-refractivity contribution in [3.63, 3.8) is 0 Å². The first kappa shape index (κ1) is 42.9. The smallest absolute Gasteiger partial charge is 0.748 e. The zero-order valence-corrected chi connectivity index (χ0v) is 26.1. The molecule has 0 amide bonds. The van der Waals surface area contributed by atoms with Crippen molar-refractivity contribution in [2.24, 2.45) is 0 Å². The molecule has 0 aromatic rings. The molecule has 0 saturated carbocycles. The van der Waals surface area contributed by atoms with Gasteiger partial charge in [-0.2, -0.15) is 8.42 Å². The Labute approximate surface area is 241 Å². The van der Waals surface area contributed by atoms with Crippen LogP contribution in [0.2, 0.25) is 0 Å². The first-order valence-electron chi connectivity index (χ1n) is 9.78. The van der Waals surface area contributed by atoms with Crippen molar-refractivity contribution in [3.8, 4) is 0 Å². The molecule has 0 saturated heterocycles. The van der Waals surface area contributed by atoms with Crippen molar-refractivity contribution in [2.45, 2.75) is 62.1 Å². The SMILES string of the molecule is O=S(=O)(O)CCCCCC(Cl)CS(F)(F)(F)(F)F.O=S(=O)([O-])CCCCCC(Cl)CS(F)(F)(F)(F)F.[Na+]. The van der Waals surface area contributed by atoms with Crippen LogP contribution < -0.4 is 29.6 Å². The molecule has 0 aromatic carbocycles. The molecule has 2 unspecified atom stereocenters. The molecule has 1 N–H and O–H groups in total. The minimum atomic E-state index is -9.49. The van der Waals surface area contributed by atoms with Crippen LogP contribution in [0, 0.1) is 0 Å². The van der Waals surface area contributed by atoms with Gasteiger partial charge in [-0.05, 0) is 25.7 Å². The van der Waals surface area contributed by atoms with E-state index in [2.05, 4.69) is 0 Å². The first-order valence-corrected chi connectivity index (χ1v) is 18.1. The molecule has 0 spiro atoms. The Bertz CT molecular complexity index is 842. The van der Waals surface area contributed by atoms with Gasteiger partial charge in [0.15, 0.2) is 0 Å². The second-order valence-electron chi connectivity index (χ2n) is 8.03. The van der Waals surface area contributed by atoms with Crippen LogP contribution in [0.25, 0.3) is 0 Å². The molecule has 0 fully saturated rings. The maximum Gasteiger partial charge on any atom is 1.00 e. The van der Waals surface area contributed by atoms with E-state index in [9.17, 15) is 60.2 Å². The zero-order valence-electron chi connectivity index (χ0n) is 19.3. The second kappa shape index (κ2) is 13.1. The van der Waals surface area contributed by atoms with Crippen LogP contribution in [0.15, 0.2) is 0 Å². The Morgan fingerprint density at radius 3 is 1.16 bits per heavy atom. The molecule has 0 aliphatic heterocycles. The third kappa shape index (κ3) is 42.0. The molecule has 0 aliphatic carbocycles. The number of unbranched alkanes of at least 4 members (excludes halogenated alkanes) is 4. The fourth-order valence-corrected chi connectivity index (χ4v) is 7.06. The number of rotatable bonds is 16. The van der Waals surface area contributed by atoms with Crippen molar-refractivity contribution < 1.29 is 94.4 Å². The summed E-state index contributed by atoms with van der Waals surface area (Å²) in [5, 5.41) is -3.47. The van der Waals surface area contributed by atoms with Gasteiger partial charge in [-0.25, -0.2) is 8.42 Å². The average Bonchev–Trinajstić information content (AvgIpc) is 2.46. The van der Waals surface area contributed by atoms with E-state index in [1.165, 1.54) is 0 Å². The third-order valence-electron chi connectivity index (χ3n) is 3.82. The maximum absolute atomic E-state index is 12.0. The molecule has 0 aromatic heterocycles. The van der Waals surface area contributed by atoms with Crippen LogP contribution >= 0.6 is 43.6 Å². The van der Waals surface area contributed by atoms with Gasteiger partial charge >= 0.3 is 29.6 Å². The molecule has 2 atom stereocenters. The predicted molar refractivity (Wildman–Crippen MR) is 123 cm³/mol. The van der Waals surface area contributed by atoms with E-state index in [1.807, 2.05) is 0 Å². The number of alkyl halides is 2. The van der Waals surface area contributed by atoms with Gasteiger partial charge < -0.3 is 4.55 Å². The molecule has 37 heavy (non-hydrogen) atoms. The third-order valence-corrected chi connectivity index (χ3v) is 8.59. The van der Waals surface area contributed by atoms with Crippen molar-refractivity contribution in [1.82, 2.24) is 0 Å². The monoisotopic (exact) mass is 702 g/mol. The van der Waals surface area contributed by atoms with Gasteiger partial charge in [-0.1, -0.05) is 64.5 Å². The summed E-state index contributed by atoms with van der Waals surface area (Å²) in [6, 6.07) is 0. The molecule has 23 heteroatoms. The van der Waals surface area contributed by atoms with Gasteiger partial charge in [-0.15, -0.1) is 23.2 Å². The van der Waals surface area contributed by atoms with Gasteiger partial charge in [0.25, 0.3) is 30.6 Å². The summed E-state index contributed by atoms with van der Waals surface area (Å²) in [7, 11) is -27.4. The zero-order chi connectivity index (χ0) is 29.5. The summed E-state index contributed by atoms with van der Waals surface area (Å²) in [4.78, 5) is 0.